The van der Waals surface area contributed by atoms with Crippen molar-refractivity contribution in [3.8, 4) is 0 Å². The highest BCUT2D eigenvalue weighted by molar-refractivity contribution is 5.71. The number of ether oxygens (including phenoxy) is 3. The number of carbonyl (C=O) groups excluding carboxylic acids is 3. The molecule has 426 valence electrons. The van der Waals surface area contributed by atoms with E-state index in [1.54, 1.807) is 0 Å². The second-order valence-electron chi connectivity index (χ2n) is 18.8. The van der Waals surface area contributed by atoms with Crippen molar-refractivity contribution in [1.29, 1.82) is 0 Å². The maximum absolute atomic E-state index is 12.9. The Bertz CT molecular complexity index is 1880. The van der Waals surface area contributed by atoms with E-state index in [9.17, 15) is 14.4 Å². The molecule has 0 bridgehead atoms. The molecule has 0 aromatic carbocycles. The summed E-state index contributed by atoms with van der Waals surface area (Å²) >= 11 is 0. The first-order chi connectivity index (χ1) is 38.0. The Morgan fingerprint density at radius 2 is 0.506 bits per heavy atom. The quantitative estimate of drug-likeness (QED) is 0.0261. The normalized spacial score (nSPS) is 13.5. The van der Waals surface area contributed by atoms with Crippen LogP contribution in [-0.4, -0.2) is 37.2 Å². The van der Waals surface area contributed by atoms with E-state index in [1.807, 2.05) is 12.2 Å². The minimum atomic E-state index is -0.848. The topological polar surface area (TPSA) is 78.9 Å². The van der Waals surface area contributed by atoms with E-state index in [1.165, 1.54) is 19.3 Å². The van der Waals surface area contributed by atoms with Crippen LogP contribution in [0.4, 0.5) is 0 Å². The van der Waals surface area contributed by atoms with E-state index in [2.05, 4.69) is 203 Å². The van der Waals surface area contributed by atoms with Crippen molar-refractivity contribution in [1.82, 2.24) is 0 Å². The van der Waals surface area contributed by atoms with Gasteiger partial charge in [-0.3, -0.25) is 14.4 Å². The fourth-order valence-electron chi connectivity index (χ4n) is 7.23. The number of unbranched alkanes of at least 4 members (excludes halogenated alkanes) is 8. The van der Waals surface area contributed by atoms with Gasteiger partial charge in [0.15, 0.2) is 6.10 Å². The summed E-state index contributed by atoms with van der Waals surface area (Å²) in [6, 6.07) is 0. The summed E-state index contributed by atoms with van der Waals surface area (Å²) in [7, 11) is 0. The summed E-state index contributed by atoms with van der Waals surface area (Å²) in [4.78, 5) is 38.1. The van der Waals surface area contributed by atoms with Crippen LogP contribution in [0.25, 0.3) is 0 Å². The largest absolute Gasteiger partial charge is 0.462 e. The van der Waals surface area contributed by atoms with Gasteiger partial charge < -0.3 is 14.2 Å². The molecule has 0 aliphatic rings. The fourth-order valence-corrected chi connectivity index (χ4v) is 7.23. The first-order valence-corrected chi connectivity index (χ1v) is 29.9. The van der Waals surface area contributed by atoms with Crippen LogP contribution in [0, 0.1) is 0 Å². The molecule has 0 amide bonds. The molecule has 0 N–H and O–H groups in total. The van der Waals surface area contributed by atoms with Crippen molar-refractivity contribution in [2.45, 2.75) is 219 Å². The molecule has 0 rings (SSSR count). The van der Waals surface area contributed by atoms with E-state index in [0.717, 1.165) is 141 Å². The zero-order valence-corrected chi connectivity index (χ0v) is 48.6. The third kappa shape index (κ3) is 61.0. The third-order valence-corrected chi connectivity index (χ3v) is 11.6. The maximum atomic E-state index is 12.9. The van der Waals surface area contributed by atoms with Gasteiger partial charge in [-0.05, 0) is 141 Å². The van der Waals surface area contributed by atoms with Gasteiger partial charge in [0.1, 0.15) is 13.2 Å². The molecule has 0 fully saturated rings. The van der Waals surface area contributed by atoms with E-state index in [-0.39, 0.29) is 50.4 Å². The predicted molar refractivity (Wildman–Crippen MR) is 334 cm³/mol. The summed E-state index contributed by atoms with van der Waals surface area (Å²) in [6.45, 7) is 6.15. The van der Waals surface area contributed by atoms with Gasteiger partial charge in [0, 0.05) is 19.3 Å². The molecule has 1 unspecified atom stereocenters. The van der Waals surface area contributed by atoms with Crippen molar-refractivity contribution in [2.24, 2.45) is 0 Å². The van der Waals surface area contributed by atoms with Crippen LogP contribution < -0.4 is 0 Å². The van der Waals surface area contributed by atoms with Crippen LogP contribution in [0.3, 0.4) is 0 Å². The SMILES string of the molecule is CC/C=C\C/C=C\C/C=C\C/C=C\C/C=C\C/C=C\C/C=C\C/C=C\C/C=C\CCCC(=O)OCC(COC(=O)CC/C=C\C/C=C\C/C=C\C/C=C\CC)OC(=O)CCCCCCCCC/C=C\C/C=C\C/C=C\CC. The zero-order valence-electron chi connectivity index (χ0n) is 48.6. The molecule has 0 saturated heterocycles. The molecule has 0 aromatic heterocycles. The van der Waals surface area contributed by atoms with E-state index < -0.39 is 6.10 Å². The van der Waals surface area contributed by atoms with Crippen molar-refractivity contribution >= 4 is 17.9 Å². The van der Waals surface area contributed by atoms with Crippen LogP contribution in [0.15, 0.2) is 194 Å². The molecule has 0 aromatic rings. The van der Waals surface area contributed by atoms with Crippen molar-refractivity contribution in [3.63, 3.8) is 0 Å². The van der Waals surface area contributed by atoms with Gasteiger partial charge in [0.2, 0.25) is 0 Å². The maximum Gasteiger partial charge on any atom is 0.306 e. The average molecular weight is 1060 g/mol. The average Bonchev–Trinajstić information content (AvgIpc) is 3.43. The lowest BCUT2D eigenvalue weighted by Gasteiger charge is -2.18. The predicted octanol–water partition coefficient (Wildman–Crippen LogP) is 20.6. The van der Waals surface area contributed by atoms with Gasteiger partial charge in [0.05, 0.1) is 0 Å². The van der Waals surface area contributed by atoms with Crippen molar-refractivity contribution < 1.29 is 28.6 Å². The van der Waals surface area contributed by atoms with Crippen LogP contribution in [-0.2, 0) is 28.6 Å². The van der Waals surface area contributed by atoms with Gasteiger partial charge >= 0.3 is 17.9 Å². The van der Waals surface area contributed by atoms with Crippen LogP contribution in [0.5, 0.6) is 0 Å². The van der Waals surface area contributed by atoms with Gasteiger partial charge in [-0.15, -0.1) is 0 Å². The third-order valence-electron chi connectivity index (χ3n) is 11.6. The minimum absolute atomic E-state index is 0.145. The highest BCUT2D eigenvalue weighted by atomic mass is 16.6. The van der Waals surface area contributed by atoms with E-state index in [0.29, 0.717) is 12.8 Å². The van der Waals surface area contributed by atoms with E-state index in [4.69, 9.17) is 14.2 Å². The molecular weight excluding hydrogens is 949 g/mol. The molecule has 0 spiro atoms. The van der Waals surface area contributed by atoms with Crippen LogP contribution in [0.1, 0.15) is 213 Å². The molecule has 0 saturated carbocycles. The molecule has 0 aliphatic heterocycles. The smallest absolute Gasteiger partial charge is 0.306 e. The van der Waals surface area contributed by atoms with E-state index >= 15 is 0 Å². The minimum Gasteiger partial charge on any atom is -0.462 e. The van der Waals surface area contributed by atoms with Crippen LogP contribution >= 0.6 is 0 Å². The summed E-state index contributed by atoms with van der Waals surface area (Å²) in [5, 5.41) is 0. The lowest BCUT2D eigenvalue weighted by atomic mass is 10.1. The molecule has 77 heavy (non-hydrogen) atoms. The van der Waals surface area contributed by atoms with Crippen LogP contribution in [0.2, 0.25) is 0 Å². The summed E-state index contributed by atoms with van der Waals surface area (Å²) in [6.07, 6.45) is 95.9. The monoisotopic (exact) mass is 1050 g/mol. The lowest BCUT2D eigenvalue weighted by Crippen LogP contribution is -2.30. The number of hydrogen-bond acceptors (Lipinski definition) is 6. The lowest BCUT2D eigenvalue weighted by molar-refractivity contribution is -0.166. The highest BCUT2D eigenvalue weighted by Gasteiger charge is 2.19. The number of rotatable bonds is 51. The molecule has 6 heteroatoms. The first-order valence-electron chi connectivity index (χ1n) is 29.9. The second kappa shape index (κ2) is 62.8. The summed E-state index contributed by atoms with van der Waals surface area (Å²) in [5.41, 5.74) is 0. The Kier molecular flexibility index (Phi) is 58.1. The Balaban J connectivity index is 4.53. The number of hydrogen-bond donors (Lipinski definition) is 0. The fraction of sp³-hybridized carbons (Fsp3) is 0.507. The van der Waals surface area contributed by atoms with Crippen molar-refractivity contribution in [2.75, 3.05) is 13.2 Å². The Hall–Kier alpha value is -5.75. The number of allylic oxidation sites excluding steroid dienone is 32. The Morgan fingerprint density at radius 3 is 0.844 bits per heavy atom. The number of carbonyl (C=O) groups is 3. The molecule has 0 radical (unpaired) electrons. The summed E-state index contributed by atoms with van der Waals surface area (Å²) in [5.74, 6) is -1.11. The molecule has 0 heterocycles. The molecule has 6 nitrogen and oxygen atoms in total. The van der Waals surface area contributed by atoms with Gasteiger partial charge in [-0.1, -0.05) is 247 Å². The molecule has 1 atom stereocenters. The standard InChI is InChI=1S/C71H106O6/c1-4-7-10-13-16-19-22-25-27-29-30-31-32-33-34-35-36-37-38-39-40-42-43-46-49-52-55-58-61-64-70(73)76-67-68(66-75-69(72)63-60-57-54-51-48-45-24-21-18-15-12-9-6-3)77-71(74)65-62-59-56-53-50-47-44-41-28-26-23-20-17-14-11-8-5-2/h7-12,16-21,25-28,30-31,33-34,36-37,39-40,43,45-46,48,52,54-55,57,68H,4-6,13-15,22-24,29,32,35,38,41-42,44,47,49-51,53,56,58-67H2,1-3H3/b10-7-,11-8-,12-9-,19-16-,20-17-,21-18-,27-25-,28-26-,31-30-,34-33-,37-36-,40-39-,46-43-,48-45-,55-52-,57-54-. The van der Waals surface area contributed by atoms with Gasteiger partial charge in [-0.2, -0.15) is 0 Å². The number of esters is 3. The Morgan fingerprint density at radius 1 is 0.260 bits per heavy atom. The van der Waals surface area contributed by atoms with Gasteiger partial charge in [-0.25, -0.2) is 0 Å². The summed E-state index contributed by atoms with van der Waals surface area (Å²) < 4.78 is 16.7. The zero-order chi connectivity index (χ0) is 55.7. The molecular formula is C71H106O6. The first kappa shape index (κ1) is 71.2. The highest BCUT2D eigenvalue weighted by Crippen LogP contribution is 2.12. The van der Waals surface area contributed by atoms with Gasteiger partial charge in [0.25, 0.3) is 0 Å². The van der Waals surface area contributed by atoms with Crippen molar-refractivity contribution in [3.05, 3.63) is 194 Å². The Labute approximate surface area is 471 Å². The molecule has 0 aliphatic carbocycles. The second-order valence-corrected chi connectivity index (χ2v) is 18.8.